The number of aryl methyl sites for hydroxylation is 1. The van der Waals surface area contributed by atoms with Crippen LogP contribution in [0.4, 0.5) is 0 Å². The molecule has 122 valence electrons. The number of fused-ring (bicyclic) bond motifs is 1. The Bertz CT molecular complexity index is 790. The summed E-state index contributed by atoms with van der Waals surface area (Å²) in [5.74, 6) is 3.88. The third kappa shape index (κ3) is 2.45. The van der Waals surface area contributed by atoms with E-state index in [0.29, 0.717) is 4.75 Å². The number of thioether (sulfide) groups is 1. The van der Waals surface area contributed by atoms with Gasteiger partial charge in [0.1, 0.15) is 5.01 Å². The molecule has 6 heteroatoms. The molecule has 2 aromatic rings. The van der Waals surface area contributed by atoms with Gasteiger partial charge in [-0.1, -0.05) is 11.3 Å². The van der Waals surface area contributed by atoms with E-state index in [4.69, 9.17) is 0 Å². The Hall–Kier alpha value is -0.880. The first kappa shape index (κ1) is 14.5. The van der Waals surface area contributed by atoms with E-state index in [1.54, 1.807) is 17.4 Å². The van der Waals surface area contributed by atoms with E-state index in [1.807, 2.05) is 6.92 Å². The van der Waals surface area contributed by atoms with Crippen LogP contribution < -0.4 is 5.56 Å². The lowest BCUT2D eigenvalue weighted by Crippen LogP contribution is -2.48. The Kier molecular flexibility index (Phi) is 3.18. The van der Waals surface area contributed by atoms with Crippen LogP contribution in [0.25, 0.3) is 4.96 Å². The fraction of sp³-hybridized carbons (Fsp3) is 0.706. The monoisotopic (exact) mass is 347 g/mol. The highest BCUT2D eigenvalue weighted by molar-refractivity contribution is 8.00. The van der Waals surface area contributed by atoms with Crippen molar-refractivity contribution in [1.29, 1.82) is 0 Å². The predicted octanol–water partition coefficient (Wildman–Crippen LogP) is 3.66. The first-order valence-corrected chi connectivity index (χ1v) is 10.4. The van der Waals surface area contributed by atoms with Crippen LogP contribution in [0.15, 0.2) is 10.9 Å². The Morgan fingerprint density at radius 1 is 1.26 bits per heavy atom. The lowest BCUT2D eigenvalue weighted by molar-refractivity contribution is 0.0383. The highest BCUT2D eigenvalue weighted by atomic mass is 32.2. The van der Waals surface area contributed by atoms with Crippen molar-refractivity contribution in [3.05, 3.63) is 27.1 Å². The Morgan fingerprint density at radius 2 is 1.91 bits per heavy atom. The van der Waals surface area contributed by atoms with Crippen LogP contribution in [0.5, 0.6) is 0 Å². The quantitative estimate of drug-likeness (QED) is 0.850. The van der Waals surface area contributed by atoms with Crippen LogP contribution in [0, 0.1) is 24.7 Å². The first-order chi connectivity index (χ1) is 11.1. The molecule has 4 aliphatic carbocycles. The SMILES string of the molecule is Cc1cc(=O)n2nc(CSC34CC5CC(CC(C5)C3)C4)sc2n1. The second kappa shape index (κ2) is 5.06. The molecular formula is C17H21N3OS2. The summed E-state index contributed by atoms with van der Waals surface area (Å²) in [6, 6.07) is 1.56. The molecule has 0 saturated heterocycles. The molecule has 23 heavy (non-hydrogen) atoms. The maximum Gasteiger partial charge on any atom is 0.275 e. The maximum absolute atomic E-state index is 12.0. The summed E-state index contributed by atoms with van der Waals surface area (Å²) in [5.41, 5.74) is 0.716. The molecule has 0 amide bonds. The van der Waals surface area contributed by atoms with Crippen LogP contribution in [0.3, 0.4) is 0 Å². The van der Waals surface area contributed by atoms with Gasteiger partial charge in [-0.15, -0.1) is 11.8 Å². The van der Waals surface area contributed by atoms with Crippen molar-refractivity contribution in [2.75, 3.05) is 0 Å². The molecule has 0 aliphatic heterocycles. The molecule has 4 bridgehead atoms. The summed E-state index contributed by atoms with van der Waals surface area (Å²) in [6.07, 6.45) is 8.68. The molecule has 4 aliphatic rings. The van der Waals surface area contributed by atoms with Crippen LogP contribution >= 0.6 is 23.1 Å². The van der Waals surface area contributed by atoms with Gasteiger partial charge in [0.15, 0.2) is 0 Å². The third-order valence-corrected chi connectivity index (χ3v) is 8.52. The maximum atomic E-state index is 12.0. The minimum atomic E-state index is -0.0604. The van der Waals surface area contributed by atoms with Crippen LogP contribution in [0.1, 0.15) is 49.2 Å². The number of hydrogen-bond donors (Lipinski definition) is 0. The van der Waals surface area contributed by atoms with Gasteiger partial charge >= 0.3 is 0 Å². The first-order valence-electron chi connectivity index (χ1n) is 8.59. The molecule has 6 rings (SSSR count). The van der Waals surface area contributed by atoms with Gasteiger partial charge in [0.25, 0.3) is 5.56 Å². The van der Waals surface area contributed by atoms with Crippen molar-refractivity contribution >= 4 is 28.1 Å². The van der Waals surface area contributed by atoms with Gasteiger partial charge in [-0.05, 0) is 63.2 Å². The fourth-order valence-electron chi connectivity index (χ4n) is 5.44. The van der Waals surface area contributed by atoms with Crippen LogP contribution in [-0.4, -0.2) is 19.3 Å². The molecule has 0 aromatic carbocycles. The molecule has 0 N–H and O–H groups in total. The second-order valence-corrected chi connectivity index (χ2v) is 10.3. The molecule has 2 aromatic heterocycles. The van der Waals surface area contributed by atoms with Gasteiger partial charge in [-0.25, -0.2) is 4.98 Å². The van der Waals surface area contributed by atoms with Crippen molar-refractivity contribution in [3.63, 3.8) is 0 Å². The number of aromatic nitrogens is 3. The number of hydrogen-bond acceptors (Lipinski definition) is 5. The molecule has 4 saturated carbocycles. The van der Waals surface area contributed by atoms with E-state index in [2.05, 4.69) is 21.8 Å². The summed E-state index contributed by atoms with van der Waals surface area (Å²) < 4.78 is 1.97. The normalized spacial score (nSPS) is 35.3. The van der Waals surface area contributed by atoms with E-state index in [9.17, 15) is 4.79 Å². The molecule has 4 nitrogen and oxygen atoms in total. The molecule has 0 atom stereocenters. The molecular weight excluding hydrogens is 326 g/mol. The van der Waals surface area contributed by atoms with E-state index in [1.165, 1.54) is 43.0 Å². The predicted molar refractivity (Wildman–Crippen MR) is 94.1 cm³/mol. The van der Waals surface area contributed by atoms with Crippen molar-refractivity contribution in [3.8, 4) is 0 Å². The summed E-state index contributed by atoms with van der Waals surface area (Å²) in [6.45, 7) is 1.87. The molecule has 4 fully saturated rings. The number of nitrogens with zero attached hydrogens (tertiary/aromatic N) is 3. The smallest absolute Gasteiger partial charge is 0.267 e. The topological polar surface area (TPSA) is 47.3 Å². The van der Waals surface area contributed by atoms with Gasteiger partial charge < -0.3 is 0 Å². The zero-order valence-corrected chi connectivity index (χ0v) is 15.0. The zero-order valence-electron chi connectivity index (χ0n) is 13.3. The summed E-state index contributed by atoms with van der Waals surface area (Å²) >= 11 is 3.69. The molecule has 2 heterocycles. The Morgan fingerprint density at radius 3 is 2.57 bits per heavy atom. The minimum absolute atomic E-state index is 0.0604. The van der Waals surface area contributed by atoms with Crippen LogP contribution in [-0.2, 0) is 5.75 Å². The Labute approximate surface area is 143 Å². The van der Waals surface area contributed by atoms with Crippen LogP contribution in [0.2, 0.25) is 0 Å². The minimum Gasteiger partial charge on any atom is -0.267 e. The van der Waals surface area contributed by atoms with E-state index in [0.717, 1.165) is 39.2 Å². The standard InChI is InChI=1S/C17H21N3OS2/c1-10-2-15(21)20-16(18-10)23-14(19-20)9-22-17-6-11-3-12(7-17)5-13(4-11)8-17/h2,11-13H,3-9H2,1H3. The lowest BCUT2D eigenvalue weighted by atomic mass is 9.56. The lowest BCUT2D eigenvalue weighted by Gasteiger charge is -2.56. The second-order valence-electron chi connectivity index (χ2n) is 7.82. The third-order valence-electron chi connectivity index (χ3n) is 5.90. The van der Waals surface area contributed by atoms with E-state index < -0.39 is 0 Å². The van der Waals surface area contributed by atoms with Gasteiger partial charge in [0.2, 0.25) is 4.96 Å². The van der Waals surface area contributed by atoms with Crippen molar-refractivity contribution in [2.45, 2.75) is 55.9 Å². The average Bonchev–Trinajstić information content (AvgIpc) is 2.87. The fourth-order valence-corrected chi connectivity index (χ4v) is 8.14. The van der Waals surface area contributed by atoms with E-state index in [-0.39, 0.29) is 5.56 Å². The largest absolute Gasteiger partial charge is 0.275 e. The van der Waals surface area contributed by atoms with Crippen molar-refractivity contribution in [1.82, 2.24) is 14.6 Å². The summed E-state index contributed by atoms with van der Waals surface area (Å²) in [7, 11) is 0. The molecule has 0 spiro atoms. The zero-order chi connectivity index (χ0) is 15.6. The molecule has 0 unspecified atom stereocenters. The van der Waals surface area contributed by atoms with Gasteiger partial charge in [-0.2, -0.15) is 9.61 Å². The Balaban J connectivity index is 1.38. The highest BCUT2D eigenvalue weighted by Gasteiger charge is 2.51. The van der Waals surface area contributed by atoms with Gasteiger partial charge in [0, 0.05) is 22.3 Å². The average molecular weight is 348 g/mol. The van der Waals surface area contributed by atoms with Crippen molar-refractivity contribution in [2.24, 2.45) is 17.8 Å². The molecule has 0 radical (unpaired) electrons. The highest BCUT2D eigenvalue weighted by Crippen LogP contribution is 2.61. The summed E-state index contributed by atoms with van der Waals surface area (Å²) in [5, 5.41) is 5.55. The number of rotatable bonds is 3. The van der Waals surface area contributed by atoms with Gasteiger partial charge in [-0.3, -0.25) is 4.79 Å². The van der Waals surface area contributed by atoms with Crippen molar-refractivity contribution < 1.29 is 0 Å². The van der Waals surface area contributed by atoms with Gasteiger partial charge in [0.05, 0.1) is 0 Å². The summed E-state index contributed by atoms with van der Waals surface area (Å²) in [4.78, 5) is 17.2. The van der Waals surface area contributed by atoms with E-state index >= 15 is 0 Å².